The summed E-state index contributed by atoms with van der Waals surface area (Å²) >= 11 is 5.83. The normalized spacial score (nSPS) is 17.2. The molecule has 0 saturated carbocycles. The van der Waals surface area contributed by atoms with Gasteiger partial charge in [-0.15, -0.1) is 0 Å². The second-order valence-electron chi connectivity index (χ2n) is 7.25. The first-order valence-electron chi connectivity index (χ1n) is 9.24. The first-order chi connectivity index (χ1) is 14.5. The number of ether oxygens (including phenoxy) is 2. The number of nitrogens with zero attached hydrogens (tertiary/aromatic N) is 3. The molecule has 1 amide bonds. The number of carbonyl (C=O) groups excluding carboxylic acids is 1. The second kappa shape index (κ2) is 6.96. The number of methoxy groups -OCH3 is 1. The number of nitrogens with one attached hydrogen (secondary N) is 2. The fraction of sp³-hybridized carbons (Fsp3) is 0.250. The maximum atomic E-state index is 14.3. The highest BCUT2D eigenvalue weighted by Crippen LogP contribution is 2.39. The molecule has 2 aliphatic rings. The molecule has 5 rings (SSSR count). The number of amides is 1. The average molecular weight is 430 g/mol. The van der Waals surface area contributed by atoms with Gasteiger partial charge in [-0.2, -0.15) is 0 Å². The standard InChI is InChI=1S/C20H17ClFN5O3/c1-29-17-6-15-12(5-16(17)27-9-20(7-23-8-20)30-19(27)28)18(25-10-24-15)26-14-3-2-11(21)4-13(14)22/h2-6,10,23H,7-9H2,1H3,(H,24,25,26). The van der Waals surface area contributed by atoms with Crippen molar-refractivity contribution in [3.05, 3.63) is 47.5 Å². The molecule has 1 aromatic heterocycles. The number of anilines is 3. The molecule has 8 nitrogen and oxygen atoms in total. The van der Waals surface area contributed by atoms with E-state index in [1.165, 1.54) is 25.6 Å². The number of halogens is 2. The Balaban J connectivity index is 1.58. The Morgan fingerprint density at radius 2 is 2.13 bits per heavy atom. The van der Waals surface area contributed by atoms with Gasteiger partial charge in [-0.25, -0.2) is 19.2 Å². The minimum Gasteiger partial charge on any atom is -0.494 e. The summed E-state index contributed by atoms with van der Waals surface area (Å²) in [6.45, 7) is 1.62. The van der Waals surface area contributed by atoms with Crippen LogP contribution in [0.25, 0.3) is 10.9 Å². The van der Waals surface area contributed by atoms with Crippen molar-refractivity contribution in [3.63, 3.8) is 0 Å². The summed E-state index contributed by atoms with van der Waals surface area (Å²) in [5.74, 6) is 0.356. The Morgan fingerprint density at radius 1 is 1.30 bits per heavy atom. The molecule has 10 heteroatoms. The molecule has 1 spiro atoms. The van der Waals surface area contributed by atoms with Gasteiger partial charge in [0, 0.05) is 29.6 Å². The van der Waals surface area contributed by atoms with Crippen molar-refractivity contribution in [2.75, 3.05) is 37.0 Å². The van der Waals surface area contributed by atoms with E-state index < -0.39 is 17.5 Å². The molecule has 0 atom stereocenters. The molecule has 2 aromatic carbocycles. The highest BCUT2D eigenvalue weighted by atomic mass is 35.5. The van der Waals surface area contributed by atoms with Crippen molar-refractivity contribution in [3.8, 4) is 5.75 Å². The summed E-state index contributed by atoms with van der Waals surface area (Å²) in [5.41, 5.74) is 0.817. The third-order valence-electron chi connectivity index (χ3n) is 5.28. The van der Waals surface area contributed by atoms with Crippen LogP contribution < -0.4 is 20.3 Å². The summed E-state index contributed by atoms with van der Waals surface area (Å²) in [5, 5.41) is 7.00. The van der Waals surface area contributed by atoms with Crippen molar-refractivity contribution in [2.24, 2.45) is 0 Å². The van der Waals surface area contributed by atoms with Crippen LogP contribution in [0.1, 0.15) is 0 Å². The zero-order chi connectivity index (χ0) is 20.9. The van der Waals surface area contributed by atoms with E-state index in [4.69, 9.17) is 21.1 Å². The zero-order valence-electron chi connectivity index (χ0n) is 15.9. The van der Waals surface area contributed by atoms with E-state index in [9.17, 15) is 9.18 Å². The number of aromatic nitrogens is 2. The summed E-state index contributed by atoms with van der Waals surface area (Å²) < 4.78 is 25.4. The average Bonchev–Trinajstić information content (AvgIpc) is 3.07. The van der Waals surface area contributed by atoms with Gasteiger partial charge >= 0.3 is 6.09 Å². The van der Waals surface area contributed by atoms with Crippen LogP contribution in [0.5, 0.6) is 5.75 Å². The molecule has 0 bridgehead atoms. The van der Waals surface area contributed by atoms with E-state index in [-0.39, 0.29) is 5.69 Å². The zero-order valence-corrected chi connectivity index (χ0v) is 16.7. The first-order valence-corrected chi connectivity index (χ1v) is 9.62. The third kappa shape index (κ3) is 3.06. The van der Waals surface area contributed by atoms with Gasteiger partial charge in [0.2, 0.25) is 0 Å². The van der Waals surface area contributed by atoms with Crippen LogP contribution in [-0.4, -0.2) is 48.4 Å². The fourth-order valence-electron chi connectivity index (χ4n) is 3.66. The molecule has 2 saturated heterocycles. The largest absolute Gasteiger partial charge is 0.494 e. The van der Waals surface area contributed by atoms with E-state index in [2.05, 4.69) is 20.6 Å². The second-order valence-corrected chi connectivity index (χ2v) is 7.69. The van der Waals surface area contributed by atoms with Gasteiger partial charge < -0.3 is 20.1 Å². The molecule has 0 radical (unpaired) electrons. The van der Waals surface area contributed by atoms with Crippen molar-refractivity contribution >= 4 is 45.8 Å². The summed E-state index contributed by atoms with van der Waals surface area (Å²) in [4.78, 5) is 22.6. The summed E-state index contributed by atoms with van der Waals surface area (Å²) in [6, 6.07) is 7.79. The lowest BCUT2D eigenvalue weighted by molar-refractivity contribution is 0.0142. The Hall–Kier alpha value is -3.17. The van der Waals surface area contributed by atoms with Crippen LogP contribution in [0, 0.1) is 5.82 Å². The van der Waals surface area contributed by atoms with Crippen molar-refractivity contribution < 1.29 is 18.7 Å². The van der Waals surface area contributed by atoms with Crippen molar-refractivity contribution in [2.45, 2.75) is 5.60 Å². The van der Waals surface area contributed by atoms with E-state index in [1.54, 1.807) is 23.1 Å². The predicted octanol–water partition coefficient (Wildman–Crippen LogP) is 3.47. The number of carbonyl (C=O) groups is 1. The van der Waals surface area contributed by atoms with Crippen LogP contribution in [0.15, 0.2) is 36.7 Å². The molecular weight excluding hydrogens is 413 g/mol. The highest BCUT2D eigenvalue weighted by Gasteiger charge is 2.50. The lowest BCUT2D eigenvalue weighted by Crippen LogP contribution is -2.61. The topological polar surface area (TPSA) is 88.6 Å². The van der Waals surface area contributed by atoms with Crippen LogP contribution in [-0.2, 0) is 4.74 Å². The Morgan fingerprint density at radius 3 is 2.80 bits per heavy atom. The highest BCUT2D eigenvalue weighted by molar-refractivity contribution is 6.30. The maximum Gasteiger partial charge on any atom is 0.415 e. The van der Waals surface area contributed by atoms with E-state index in [0.29, 0.717) is 52.8 Å². The van der Waals surface area contributed by atoms with Gasteiger partial charge in [0.1, 0.15) is 23.7 Å². The molecule has 3 heterocycles. The molecular formula is C20H17ClFN5O3. The van der Waals surface area contributed by atoms with Gasteiger partial charge in [-0.3, -0.25) is 4.90 Å². The lowest BCUT2D eigenvalue weighted by atomic mass is 9.97. The maximum absolute atomic E-state index is 14.3. The van der Waals surface area contributed by atoms with Crippen LogP contribution in [0.2, 0.25) is 5.02 Å². The lowest BCUT2D eigenvalue weighted by Gasteiger charge is -2.36. The fourth-order valence-corrected chi connectivity index (χ4v) is 3.82. The molecule has 0 aliphatic carbocycles. The summed E-state index contributed by atoms with van der Waals surface area (Å²) in [6.07, 6.45) is 0.931. The molecule has 3 aromatic rings. The SMILES string of the molecule is COc1cc2ncnc(Nc3ccc(Cl)cc3F)c2cc1N1CC2(CNC2)OC1=O. The molecule has 0 unspecified atom stereocenters. The van der Waals surface area contributed by atoms with Crippen LogP contribution in [0.4, 0.5) is 26.4 Å². The summed E-state index contributed by atoms with van der Waals surface area (Å²) in [7, 11) is 1.52. The molecule has 154 valence electrons. The minimum atomic E-state index is -0.516. The van der Waals surface area contributed by atoms with E-state index in [1.807, 2.05) is 0 Å². The molecule has 2 N–H and O–H groups in total. The van der Waals surface area contributed by atoms with Crippen molar-refractivity contribution in [1.29, 1.82) is 0 Å². The third-order valence-corrected chi connectivity index (χ3v) is 5.51. The van der Waals surface area contributed by atoms with Gasteiger partial charge in [0.05, 0.1) is 30.5 Å². The number of rotatable bonds is 4. The first kappa shape index (κ1) is 18.8. The Kier molecular flexibility index (Phi) is 4.37. The van der Waals surface area contributed by atoms with Gasteiger partial charge in [-0.1, -0.05) is 11.6 Å². The quantitative estimate of drug-likeness (QED) is 0.656. The molecule has 2 aliphatic heterocycles. The smallest absolute Gasteiger partial charge is 0.415 e. The molecule has 30 heavy (non-hydrogen) atoms. The number of benzene rings is 2. The number of fused-ring (bicyclic) bond motifs is 1. The van der Waals surface area contributed by atoms with Gasteiger partial charge in [0.15, 0.2) is 5.60 Å². The van der Waals surface area contributed by atoms with Crippen molar-refractivity contribution in [1.82, 2.24) is 15.3 Å². The van der Waals surface area contributed by atoms with E-state index >= 15 is 0 Å². The number of hydrogen-bond acceptors (Lipinski definition) is 7. The number of hydrogen-bond donors (Lipinski definition) is 2. The van der Waals surface area contributed by atoms with Gasteiger partial charge in [0.25, 0.3) is 0 Å². The van der Waals surface area contributed by atoms with Crippen LogP contribution in [0.3, 0.4) is 0 Å². The van der Waals surface area contributed by atoms with Crippen LogP contribution >= 0.6 is 11.6 Å². The monoisotopic (exact) mass is 429 g/mol. The predicted molar refractivity (Wildman–Crippen MR) is 110 cm³/mol. The van der Waals surface area contributed by atoms with E-state index in [0.717, 1.165) is 0 Å². The van der Waals surface area contributed by atoms with Gasteiger partial charge in [-0.05, 0) is 24.3 Å². The Bertz CT molecular complexity index is 1170. The Labute approximate surface area is 176 Å². The minimum absolute atomic E-state index is 0.219. The molecule has 2 fully saturated rings.